The van der Waals surface area contributed by atoms with E-state index in [9.17, 15) is 0 Å². The van der Waals surface area contributed by atoms with Crippen LogP contribution < -0.4 is 0 Å². The molecule has 92 valence electrons. The average Bonchev–Trinajstić information content (AvgIpc) is 2.36. The van der Waals surface area contributed by atoms with E-state index in [4.69, 9.17) is 12.2 Å². The third kappa shape index (κ3) is 1.89. The number of hydrogen-bond acceptors (Lipinski definition) is 1. The van der Waals surface area contributed by atoms with Crippen LogP contribution in [0.2, 0.25) is 0 Å². The number of hydrogen-bond donors (Lipinski definition) is 0. The Bertz CT molecular complexity index is 571. The van der Waals surface area contributed by atoms with Gasteiger partial charge in [-0.2, -0.15) is 0 Å². The number of rotatable bonds is 1. The largest absolute Gasteiger partial charge is 0.0900 e. The fourth-order valence-electron chi connectivity index (χ4n) is 2.53. The molecular weight excluding hydrogens is 236 g/mol. The van der Waals surface area contributed by atoms with Crippen LogP contribution in [-0.2, 0) is 5.41 Å². The Hall–Kier alpha value is -1.47. The summed E-state index contributed by atoms with van der Waals surface area (Å²) in [4.78, 5) is 0.876. The lowest BCUT2D eigenvalue weighted by Gasteiger charge is -2.37. The summed E-state index contributed by atoms with van der Waals surface area (Å²) in [5.74, 6) is 0. The zero-order chi connectivity index (χ0) is 13.3. The Morgan fingerprint density at radius 1 is 1.22 bits per heavy atom. The molecule has 0 N–H and O–H groups in total. The van der Waals surface area contributed by atoms with Gasteiger partial charge in [0.05, 0.1) is 4.86 Å². The monoisotopic (exact) mass is 254 g/mol. The molecule has 0 radical (unpaired) electrons. The normalized spacial score (nSPS) is 20.5. The van der Waals surface area contributed by atoms with Crippen molar-refractivity contribution in [3.05, 3.63) is 71.3 Å². The number of thiocarbonyl (C=S) groups is 1. The van der Waals surface area contributed by atoms with E-state index >= 15 is 0 Å². The van der Waals surface area contributed by atoms with E-state index in [0.717, 1.165) is 16.0 Å². The number of benzene rings is 1. The molecule has 1 aliphatic rings. The summed E-state index contributed by atoms with van der Waals surface area (Å²) in [7, 11) is 0. The van der Waals surface area contributed by atoms with E-state index in [1.54, 1.807) is 0 Å². The molecule has 0 aliphatic heterocycles. The summed E-state index contributed by atoms with van der Waals surface area (Å²) in [5, 5.41) is 0. The van der Waals surface area contributed by atoms with Crippen molar-refractivity contribution in [2.24, 2.45) is 0 Å². The lowest BCUT2D eigenvalue weighted by atomic mass is 9.67. The van der Waals surface area contributed by atoms with Crippen LogP contribution in [-0.4, -0.2) is 4.86 Å². The van der Waals surface area contributed by atoms with Crippen LogP contribution in [0.3, 0.4) is 0 Å². The minimum absolute atomic E-state index is 0.0461. The van der Waals surface area contributed by atoms with E-state index in [2.05, 4.69) is 50.8 Å². The van der Waals surface area contributed by atoms with Crippen LogP contribution in [0.1, 0.15) is 31.9 Å². The molecule has 1 heteroatoms. The topological polar surface area (TPSA) is 0 Å². The second-order valence-electron chi connectivity index (χ2n) is 5.08. The predicted molar refractivity (Wildman–Crippen MR) is 83.2 cm³/mol. The summed E-state index contributed by atoms with van der Waals surface area (Å²) in [6.07, 6.45) is 6.21. The van der Waals surface area contributed by atoms with Crippen molar-refractivity contribution in [2.45, 2.75) is 26.2 Å². The van der Waals surface area contributed by atoms with Crippen molar-refractivity contribution in [3.63, 3.8) is 0 Å². The molecule has 0 saturated carbocycles. The van der Waals surface area contributed by atoms with Crippen LogP contribution in [0, 0.1) is 0 Å². The number of fused-ring (bicyclic) bond motifs is 1. The molecular formula is C17H18S. The Kier molecular flexibility index (Phi) is 3.36. The molecule has 1 aromatic carbocycles. The van der Waals surface area contributed by atoms with Crippen molar-refractivity contribution in [2.75, 3.05) is 0 Å². The first-order valence-electron chi connectivity index (χ1n) is 6.17. The first kappa shape index (κ1) is 13.0. The van der Waals surface area contributed by atoms with E-state index in [0.29, 0.717) is 0 Å². The molecule has 0 heterocycles. The van der Waals surface area contributed by atoms with Crippen LogP contribution in [0.15, 0.2) is 60.2 Å². The zero-order valence-corrected chi connectivity index (χ0v) is 12.0. The molecule has 0 bridgehead atoms. The third-order valence-electron chi connectivity index (χ3n) is 3.57. The lowest BCUT2D eigenvalue weighted by Crippen LogP contribution is -2.31. The fourth-order valence-corrected chi connectivity index (χ4v) is 2.82. The van der Waals surface area contributed by atoms with Crippen molar-refractivity contribution in [1.82, 2.24) is 0 Å². The van der Waals surface area contributed by atoms with Gasteiger partial charge in [-0.25, -0.2) is 0 Å². The molecule has 0 amide bonds. The summed E-state index contributed by atoms with van der Waals surface area (Å²) in [6, 6.07) is 8.37. The van der Waals surface area contributed by atoms with E-state index in [-0.39, 0.29) is 5.41 Å². The molecule has 0 unspecified atom stereocenters. The minimum Gasteiger partial charge on any atom is -0.0900 e. The summed E-state index contributed by atoms with van der Waals surface area (Å²) < 4.78 is 0. The van der Waals surface area contributed by atoms with Gasteiger partial charge in [0.1, 0.15) is 0 Å². The van der Waals surface area contributed by atoms with Crippen molar-refractivity contribution < 1.29 is 0 Å². The van der Waals surface area contributed by atoms with Gasteiger partial charge in [-0.3, -0.25) is 0 Å². The van der Waals surface area contributed by atoms with Gasteiger partial charge in [-0.15, -0.1) is 0 Å². The van der Waals surface area contributed by atoms with Gasteiger partial charge >= 0.3 is 0 Å². The minimum atomic E-state index is -0.0461. The standard InChI is InChI=1S/C17H18S/c1-5-6-10-14-12(2)16(18)13-9-7-8-11-15(13)17(14,3)4/h5-11H,2H2,1,3-4H3/b6-5-,14-10+. The Morgan fingerprint density at radius 3 is 2.56 bits per heavy atom. The summed E-state index contributed by atoms with van der Waals surface area (Å²) in [6.45, 7) is 10.7. The van der Waals surface area contributed by atoms with Crippen molar-refractivity contribution in [3.8, 4) is 0 Å². The van der Waals surface area contributed by atoms with E-state index < -0.39 is 0 Å². The van der Waals surface area contributed by atoms with Gasteiger partial charge in [0.15, 0.2) is 0 Å². The maximum Gasteiger partial charge on any atom is 0.0522 e. The molecule has 0 aromatic heterocycles. The Balaban J connectivity index is 2.70. The van der Waals surface area contributed by atoms with E-state index in [1.807, 2.05) is 19.1 Å². The van der Waals surface area contributed by atoms with Crippen molar-refractivity contribution >= 4 is 17.1 Å². The van der Waals surface area contributed by atoms with Crippen LogP contribution >= 0.6 is 12.2 Å². The molecule has 0 saturated heterocycles. The van der Waals surface area contributed by atoms with Crippen LogP contribution in [0.25, 0.3) is 0 Å². The molecule has 1 aliphatic carbocycles. The molecule has 0 nitrogen and oxygen atoms in total. The highest BCUT2D eigenvalue weighted by atomic mass is 32.1. The van der Waals surface area contributed by atoms with Gasteiger partial charge in [0.2, 0.25) is 0 Å². The fraction of sp³-hybridized carbons (Fsp3) is 0.235. The molecule has 18 heavy (non-hydrogen) atoms. The zero-order valence-electron chi connectivity index (χ0n) is 11.2. The molecule has 0 atom stereocenters. The number of allylic oxidation sites excluding steroid dienone is 5. The first-order valence-corrected chi connectivity index (χ1v) is 6.58. The SMILES string of the molecule is C=C1C(=S)c2ccccc2C(C)(C)/C1=C/C=C\C. The lowest BCUT2D eigenvalue weighted by molar-refractivity contribution is 0.629. The van der Waals surface area contributed by atoms with Gasteiger partial charge in [-0.1, -0.05) is 75.1 Å². The predicted octanol–water partition coefficient (Wildman–Crippen LogP) is 4.75. The maximum atomic E-state index is 5.55. The Morgan fingerprint density at radius 2 is 1.89 bits per heavy atom. The molecule has 0 fully saturated rings. The molecule has 0 spiro atoms. The molecule has 1 aromatic rings. The van der Waals surface area contributed by atoms with Crippen LogP contribution in [0.4, 0.5) is 0 Å². The quantitative estimate of drug-likeness (QED) is 0.514. The summed E-state index contributed by atoms with van der Waals surface area (Å²) in [5.41, 5.74) is 4.59. The van der Waals surface area contributed by atoms with Crippen LogP contribution in [0.5, 0.6) is 0 Å². The first-order chi connectivity index (χ1) is 8.50. The van der Waals surface area contributed by atoms with Crippen molar-refractivity contribution in [1.29, 1.82) is 0 Å². The van der Waals surface area contributed by atoms with Gasteiger partial charge in [0, 0.05) is 5.41 Å². The molecule has 2 rings (SSSR count). The highest BCUT2D eigenvalue weighted by Crippen LogP contribution is 2.43. The van der Waals surface area contributed by atoms with Gasteiger partial charge in [-0.05, 0) is 29.2 Å². The maximum absolute atomic E-state index is 5.55. The van der Waals surface area contributed by atoms with Gasteiger partial charge < -0.3 is 0 Å². The second-order valence-corrected chi connectivity index (χ2v) is 5.49. The summed E-state index contributed by atoms with van der Waals surface area (Å²) >= 11 is 5.55. The smallest absolute Gasteiger partial charge is 0.0522 e. The average molecular weight is 254 g/mol. The highest BCUT2D eigenvalue weighted by Gasteiger charge is 2.35. The second kappa shape index (κ2) is 4.66. The third-order valence-corrected chi connectivity index (χ3v) is 4.04. The Labute approximate surface area is 115 Å². The van der Waals surface area contributed by atoms with E-state index in [1.165, 1.54) is 11.1 Å². The van der Waals surface area contributed by atoms with Gasteiger partial charge in [0.25, 0.3) is 0 Å². The highest BCUT2D eigenvalue weighted by molar-refractivity contribution is 7.81.